The molecule has 2 aliphatic rings. The second-order valence-electron chi connectivity index (χ2n) is 9.08. The smallest absolute Gasteiger partial charge is 0.255 e. The summed E-state index contributed by atoms with van der Waals surface area (Å²) in [6.45, 7) is 4.93. The van der Waals surface area contributed by atoms with Crippen LogP contribution in [0.2, 0.25) is 0 Å². The molecule has 0 radical (unpaired) electrons. The number of H-pyrrole nitrogens is 1. The topological polar surface area (TPSA) is 79.7 Å². The molecule has 1 N–H and O–H groups in total. The second-order valence-corrected chi connectivity index (χ2v) is 9.08. The fourth-order valence-electron chi connectivity index (χ4n) is 4.76. The van der Waals surface area contributed by atoms with E-state index in [1.165, 1.54) is 0 Å². The van der Waals surface area contributed by atoms with Gasteiger partial charge in [-0.25, -0.2) is 14.6 Å². The third-order valence-corrected chi connectivity index (χ3v) is 6.54. The highest BCUT2D eigenvalue weighted by Crippen LogP contribution is 2.41. The molecule has 7 nitrogen and oxygen atoms in total. The Bertz CT molecular complexity index is 1270. The molecule has 6 rings (SSSR count). The molecule has 2 fully saturated rings. The number of carbonyl (C=O) groups excluding carboxylic acids is 1. The first kappa shape index (κ1) is 18.5. The molecule has 4 aromatic rings. The van der Waals surface area contributed by atoms with Gasteiger partial charge < -0.3 is 9.88 Å². The first-order valence-electron chi connectivity index (χ1n) is 11.2. The molecule has 4 heterocycles. The van der Waals surface area contributed by atoms with Crippen LogP contribution in [0.3, 0.4) is 0 Å². The van der Waals surface area contributed by atoms with Gasteiger partial charge >= 0.3 is 0 Å². The average molecular weight is 415 g/mol. The van der Waals surface area contributed by atoms with Gasteiger partial charge in [0.05, 0.1) is 34.2 Å². The number of pyridine rings is 1. The number of fused-ring (bicyclic) bond motifs is 2. The standard InChI is InChI=1S/C24H26N6O/c1-14(2)30-23-17(13-25-30)16(12-20(28-23)15-9-10-15)24(31)29-11-5-8-21(29)22-26-18-6-3-4-7-19(18)27-22/h3-4,6-7,12-15,21H,5,8-11H2,1-2H3,(H,26,27). The zero-order chi connectivity index (χ0) is 21.1. The molecule has 1 unspecified atom stereocenters. The molecule has 7 heteroatoms. The molecule has 1 aromatic carbocycles. The molecular formula is C24H26N6O. The quantitative estimate of drug-likeness (QED) is 0.523. The molecule has 0 bridgehead atoms. The van der Waals surface area contributed by atoms with E-state index < -0.39 is 0 Å². The Morgan fingerprint density at radius 1 is 1.16 bits per heavy atom. The van der Waals surface area contributed by atoms with Crippen LogP contribution < -0.4 is 0 Å². The summed E-state index contributed by atoms with van der Waals surface area (Å²) in [5, 5.41) is 5.40. The van der Waals surface area contributed by atoms with E-state index in [2.05, 4.69) is 23.9 Å². The van der Waals surface area contributed by atoms with Gasteiger partial charge in [0, 0.05) is 24.2 Å². The van der Waals surface area contributed by atoms with Gasteiger partial charge in [0.1, 0.15) is 5.82 Å². The van der Waals surface area contributed by atoms with Gasteiger partial charge in [0.15, 0.2) is 5.65 Å². The molecule has 1 saturated heterocycles. The summed E-state index contributed by atoms with van der Waals surface area (Å²) in [4.78, 5) is 29.0. The SMILES string of the molecule is CC(C)n1ncc2c(C(=O)N3CCCC3c3nc4ccccc4[nH]3)cc(C3CC3)nc21. The number of hydrogen-bond acceptors (Lipinski definition) is 4. The maximum atomic E-state index is 13.9. The summed E-state index contributed by atoms with van der Waals surface area (Å²) < 4.78 is 1.93. The molecule has 1 atom stereocenters. The fourth-order valence-corrected chi connectivity index (χ4v) is 4.76. The molecule has 1 amide bonds. The van der Waals surface area contributed by atoms with Crippen molar-refractivity contribution in [1.82, 2.24) is 29.6 Å². The Labute approximate surface area is 180 Å². The number of benzene rings is 1. The summed E-state index contributed by atoms with van der Waals surface area (Å²) >= 11 is 0. The average Bonchev–Trinajstić information content (AvgIpc) is 3.17. The Kier molecular flexibility index (Phi) is 4.13. The molecule has 1 aliphatic heterocycles. The minimum absolute atomic E-state index is 0.0346. The van der Waals surface area contributed by atoms with Crippen LogP contribution in [0.15, 0.2) is 36.5 Å². The first-order chi connectivity index (χ1) is 15.1. The summed E-state index contributed by atoms with van der Waals surface area (Å²) in [6.07, 6.45) is 5.99. The van der Waals surface area contributed by atoms with E-state index in [9.17, 15) is 4.79 Å². The normalized spacial score (nSPS) is 19.2. The number of likely N-dealkylation sites (tertiary alicyclic amines) is 1. The van der Waals surface area contributed by atoms with Crippen molar-refractivity contribution in [2.45, 2.75) is 57.5 Å². The largest absolute Gasteiger partial charge is 0.340 e. The lowest BCUT2D eigenvalue weighted by atomic mass is 10.1. The highest BCUT2D eigenvalue weighted by molar-refractivity contribution is 6.05. The summed E-state index contributed by atoms with van der Waals surface area (Å²) in [5.74, 6) is 1.40. The highest BCUT2D eigenvalue weighted by Gasteiger charge is 2.35. The van der Waals surface area contributed by atoms with Crippen molar-refractivity contribution < 1.29 is 4.79 Å². The molecule has 1 saturated carbocycles. The number of aromatic amines is 1. The summed E-state index contributed by atoms with van der Waals surface area (Å²) in [5.41, 5.74) is 4.52. The van der Waals surface area contributed by atoms with Gasteiger partial charge in [-0.2, -0.15) is 5.10 Å². The minimum Gasteiger partial charge on any atom is -0.340 e. The number of rotatable bonds is 4. The minimum atomic E-state index is -0.0346. The lowest BCUT2D eigenvalue weighted by Gasteiger charge is -2.24. The van der Waals surface area contributed by atoms with Crippen molar-refractivity contribution in [3.05, 3.63) is 53.6 Å². The van der Waals surface area contributed by atoms with E-state index in [1.807, 2.05) is 39.9 Å². The summed E-state index contributed by atoms with van der Waals surface area (Å²) in [7, 11) is 0. The fraction of sp³-hybridized carbons (Fsp3) is 0.417. The van der Waals surface area contributed by atoms with Crippen molar-refractivity contribution in [3.63, 3.8) is 0 Å². The zero-order valence-corrected chi connectivity index (χ0v) is 17.9. The third kappa shape index (κ3) is 3.02. The molecule has 3 aromatic heterocycles. The predicted molar refractivity (Wildman–Crippen MR) is 119 cm³/mol. The van der Waals surface area contributed by atoms with Crippen molar-refractivity contribution in [2.75, 3.05) is 6.54 Å². The van der Waals surface area contributed by atoms with Crippen LogP contribution in [0, 0.1) is 0 Å². The van der Waals surface area contributed by atoms with Gasteiger partial charge in [-0.1, -0.05) is 12.1 Å². The van der Waals surface area contributed by atoms with Gasteiger partial charge in [-0.15, -0.1) is 0 Å². The Morgan fingerprint density at radius 3 is 2.77 bits per heavy atom. The van der Waals surface area contributed by atoms with E-state index in [0.717, 1.165) is 71.4 Å². The van der Waals surface area contributed by atoms with E-state index in [1.54, 1.807) is 6.20 Å². The third-order valence-electron chi connectivity index (χ3n) is 6.54. The van der Waals surface area contributed by atoms with Gasteiger partial charge in [-0.3, -0.25) is 4.79 Å². The number of nitrogens with one attached hydrogen (secondary N) is 1. The van der Waals surface area contributed by atoms with Crippen molar-refractivity contribution in [2.24, 2.45) is 0 Å². The lowest BCUT2D eigenvalue weighted by Crippen LogP contribution is -2.31. The van der Waals surface area contributed by atoms with E-state index >= 15 is 0 Å². The van der Waals surface area contributed by atoms with Crippen LogP contribution in [0.1, 0.15) is 79.4 Å². The number of imidazole rings is 1. The number of aromatic nitrogens is 5. The van der Waals surface area contributed by atoms with Crippen LogP contribution in [0.4, 0.5) is 0 Å². The van der Waals surface area contributed by atoms with E-state index in [0.29, 0.717) is 5.92 Å². The van der Waals surface area contributed by atoms with Crippen LogP contribution in [-0.2, 0) is 0 Å². The first-order valence-corrected chi connectivity index (χ1v) is 11.2. The maximum absolute atomic E-state index is 13.9. The zero-order valence-electron chi connectivity index (χ0n) is 17.9. The van der Waals surface area contributed by atoms with Crippen molar-refractivity contribution in [3.8, 4) is 0 Å². The van der Waals surface area contributed by atoms with Crippen LogP contribution in [0.25, 0.3) is 22.1 Å². The number of carbonyl (C=O) groups is 1. The lowest BCUT2D eigenvalue weighted by molar-refractivity contribution is 0.0732. The van der Waals surface area contributed by atoms with Crippen LogP contribution in [0.5, 0.6) is 0 Å². The highest BCUT2D eigenvalue weighted by atomic mass is 16.2. The van der Waals surface area contributed by atoms with Crippen molar-refractivity contribution in [1.29, 1.82) is 0 Å². The van der Waals surface area contributed by atoms with Gasteiger partial charge in [0.25, 0.3) is 5.91 Å². The van der Waals surface area contributed by atoms with Gasteiger partial charge in [0.2, 0.25) is 0 Å². The number of para-hydroxylation sites is 2. The van der Waals surface area contributed by atoms with Crippen molar-refractivity contribution >= 4 is 28.0 Å². The summed E-state index contributed by atoms with van der Waals surface area (Å²) in [6, 6.07) is 10.2. The Hall–Kier alpha value is -3.22. The Morgan fingerprint density at radius 2 is 2.00 bits per heavy atom. The molecular weight excluding hydrogens is 388 g/mol. The number of amides is 1. The van der Waals surface area contributed by atoms with Crippen LogP contribution >= 0.6 is 0 Å². The molecule has 31 heavy (non-hydrogen) atoms. The Balaban J connectivity index is 1.42. The van der Waals surface area contributed by atoms with E-state index in [-0.39, 0.29) is 18.0 Å². The predicted octanol–water partition coefficient (Wildman–Crippen LogP) is 4.74. The van der Waals surface area contributed by atoms with Crippen LogP contribution in [-0.4, -0.2) is 42.1 Å². The maximum Gasteiger partial charge on any atom is 0.255 e. The molecule has 158 valence electrons. The van der Waals surface area contributed by atoms with Gasteiger partial charge in [-0.05, 0) is 57.7 Å². The second kappa shape index (κ2) is 6.90. The van der Waals surface area contributed by atoms with E-state index in [4.69, 9.17) is 9.97 Å². The number of nitrogens with zero attached hydrogens (tertiary/aromatic N) is 5. The number of hydrogen-bond donors (Lipinski definition) is 1. The monoisotopic (exact) mass is 414 g/mol. The molecule has 0 spiro atoms. The molecule has 1 aliphatic carbocycles.